The molecule has 0 aliphatic heterocycles. The Morgan fingerprint density at radius 1 is 1.50 bits per heavy atom. The van der Waals surface area contributed by atoms with Gasteiger partial charge in [-0.15, -0.1) is 0 Å². The molecule has 0 fully saturated rings. The van der Waals surface area contributed by atoms with Crippen molar-refractivity contribution in [2.75, 3.05) is 0 Å². The third-order valence-corrected chi connectivity index (χ3v) is 1.36. The fourth-order valence-corrected chi connectivity index (χ4v) is 0.864. The summed E-state index contributed by atoms with van der Waals surface area (Å²) in [5.41, 5.74) is 0.609. The number of rotatable bonds is 0. The van der Waals surface area contributed by atoms with E-state index in [4.69, 9.17) is 5.11 Å². The van der Waals surface area contributed by atoms with E-state index in [1.807, 2.05) is 0 Å². The molecule has 0 aliphatic rings. The van der Waals surface area contributed by atoms with E-state index in [1.165, 1.54) is 16.9 Å². The van der Waals surface area contributed by atoms with Crippen LogP contribution in [0.2, 0.25) is 0 Å². The van der Waals surface area contributed by atoms with Crippen LogP contribution in [0.15, 0.2) is 12.5 Å². The molecule has 0 aromatic carbocycles. The maximum atomic E-state index is 9.06. The predicted octanol–water partition coefficient (Wildman–Crippen LogP) is -0.436. The first kappa shape index (κ1) is 5.22. The molecule has 0 bridgehead atoms. The van der Waals surface area contributed by atoms with Crippen LogP contribution in [-0.2, 0) is 0 Å². The second-order valence-electron chi connectivity index (χ2n) is 2.00. The highest BCUT2D eigenvalue weighted by Crippen LogP contribution is 2.06. The van der Waals surface area contributed by atoms with Crippen molar-refractivity contribution >= 4 is 12.2 Å². The number of imidazole rings is 2. The molecule has 2 heterocycles. The van der Waals surface area contributed by atoms with E-state index in [9.17, 15) is 0 Å². The average molecular weight is 135 g/mol. The van der Waals surface area contributed by atoms with Gasteiger partial charge in [0.2, 0.25) is 5.88 Å². The molecule has 0 saturated carbocycles. The highest BCUT2D eigenvalue weighted by Gasteiger charge is 2.01. The highest BCUT2D eigenvalue weighted by molar-refractivity contribution is 5.42. The molecule has 2 aromatic heterocycles. The van der Waals surface area contributed by atoms with Crippen LogP contribution in [0.3, 0.4) is 0 Å². The van der Waals surface area contributed by atoms with Gasteiger partial charge in [-0.2, -0.15) is 0 Å². The summed E-state index contributed by atoms with van der Waals surface area (Å²) in [5, 5.41) is 9.64. The van der Waals surface area contributed by atoms with E-state index in [-0.39, 0.29) is 5.88 Å². The van der Waals surface area contributed by atoms with E-state index >= 15 is 0 Å². The summed E-state index contributed by atoms with van der Waals surface area (Å²) in [6, 6.07) is 0. The quantitative estimate of drug-likeness (QED) is 0.533. The van der Waals surface area contributed by atoms with Crippen molar-refractivity contribution in [1.29, 1.82) is 0 Å². The number of fused-ring (bicyclic) bond motifs is 1. The topological polar surface area (TPSA) is 50.4 Å². The first-order valence-corrected chi connectivity index (χ1v) is 2.78. The summed E-state index contributed by atoms with van der Waals surface area (Å²) >= 11 is 0. The maximum absolute atomic E-state index is 9.06. The molecule has 0 aliphatic carbocycles. The van der Waals surface area contributed by atoms with Gasteiger partial charge in [0, 0.05) is 0 Å². The fourth-order valence-electron chi connectivity index (χ4n) is 0.864. The lowest BCUT2D eigenvalue weighted by Crippen LogP contribution is -1.97. The lowest BCUT2D eigenvalue weighted by Gasteiger charge is -1.80. The Bertz CT molecular complexity index is 406. The summed E-state index contributed by atoms with van der Waals surface area (Å²) in [5.74, 6) is 0.0948. The largest absolute Gasteiger partial charge is 0.493 e. The van der Waals surface area contributed by atoms with Crippen LogP contribution >= 0.6 is 0 Å². The molecular weight excluding hydrogens is 130 g/mol. The lowest BCUT2D eigenvalue weighted by molar-refractivity contribution is 0.448. The van der Waals surface area contributed by atoms with Crippen molar-refractivity contribution in [1.82, 2.24) is 14.4 Å². The zero-order chi connectivity index (χ0) is 7.14. The van der Waals surface area contributed by atoms with E-state index in [0.29, 0.717) is 11.0 Å². The van der Waals surface area contributed by atoms with E-state index < -0.39 is 0 Å². The number of hydrogen-bond donors (Lipinski definition) is 1. The van der Waals surface area contributed by atoms with Crippen molar-refractivity contribution in [3.8, 4) is 5.88 Å². The first-order valence-electron chi connectivity index (χ1n) is 2.78. The van der Waals surface area contributed by atoms with Crippen molar-refractivity contribution in [3.63, 3.8) is 0 Å². The molecule has 0 radical (unpaired) electrons. The zero-order valence-electron chi connectivity index (χ0n) is 5.15. The van der Waals surface area contributed by atoms with E-state index in [0.717, 1.165) is 0 Å². The Morgan fingerprint density at radius 3 is 3.00 bits per heavy atom. The van der Waals surface area contributed by atoms with Crippen LogP contribution in [0.25, 0.3) is 12.2 Å². The van der Waals surface area contributed by atoms with E-state index in [2.05, 4.69) is 16.5 Å². The normalized spacial score (nSPS) is 10.8. The average Bonchev–Trinajstić information content (AvgIpc) is 2.41. The van der Waals surface area contributed by atoms with Crippen LogP contribution in [0.4, 0.5) is 0 Å². The third kappa shape index (κ3) is 0.452. The van der Waals surface area contributed by atoms with Gasteiger partial charge >= 0.3 is 0 Å². The Kier molecular flexibility index (Phi) is 0.768. The van der Waals surface area contributed by atoms with Gasteiger partial charge < -0.3 is 5.11 Å². The standard InChI is InChI=1S/C6H5N3O/c1-4-6-7-2-5(10)9(6)3-8-4/h2-3,10H,1H2. The van der Waals surface area contributed by atoms with Crippen molar-refractivity contribution in [2.24, 2.45) is 0 Å². The van der Waals surface area contributed by atoms with Gasteiger partial charge in [0.25, 0.3) is 0 Å². The number of nitrogens with zero attached hydrogens (tertiary/aromatic N) is 3. The van der Waals surface area contributed by atoms with Gasteiger partial charge in [-0.05, 0) is 0 Å². The molecule has 10 heavy (non-hydrogen) atoms. The molecule has 2 aromatic rings. The van der Waals surface area contributed by atoms with Crippen LogP contribution in [0, 0.1) is 0 Å². The second-order valence-corrected chi connectivity index (χ2v) is 2.00. The molecule has 1 N–H and O–H groups in total. The van der Waals surface area contributed by atoms with Crippen LogP contribution in [0.5, 0.6) is 5.88 Å². The molecule has 4 nitrogen and oxygen atoms in total. The van der Waals surface area contributed by atoms with Crippen LogP contribution in [-0.4, -0.2) is 19.5 Å². The summed E-state index contributed by atoms with van der Waals surface area (Å²) in [6.07, 6.45) is 2.85. The molecule has 0 spiro atoms. The van der Waals surface area contributed by atoms with Gasteiger partial charge in [-0.3, -0.25) is 4.40 Å². The molecule has 50 valence electrons. The Morgan fingerprint density at radius 2 is 2.30 bits per heavy atom. The maximum Gasteiger partial charge on any atom is 0.217 e. The molecule has 0 amide bonds. The predicted molar refractivity (Wildman–Crippen MR) is 35.4 cm³/mol. The third-order valence-electron chi connectivity index (χ3n) is 1.36. The minimum atomic E-state index is 0.0948. The fraction of sp³-hybridized carbons (Fsp3) is 0. The van der Waals surface area contributed by atoms with Gasteiger partial charge in [0.05, 0.1) is 6.20 Å². The monoisotopic (exact) mass is 135 g/mol. The minimum absolute atomic E-state index is 0.0948. The van der Waals surface area contributed by atoms with Crippen LogP contribution in [0.1, 0.15) is 0 Å². The second kappa shape index (κ2) is 1.47. The van der Waals surface area contributed by atoms with Crippen molar-refractivity contribution < 1.29 is 5.11 Å². The summed E-state index contributed by atoms with van der Waals surface area (Å²) in [4.78, 5) is 7.71. The smallest absolute Gasteiger partial charge is 0.217 e. The van der Waals surface area contributed by atoms with Gasteiger partial charge in [-0.25, -0.2) is 9.97 Å². The Labute approximate surface area is 56.4 Å². The van der Waals surface area contributed by atoms with Crippen LogP contribution < -0.4 is 5.35 Å². The molecule has 0 atom stereocenters. The zero-order valence-corrected chi connectivity index (χ0v) is 5.15. The van der Waals surface area contributed by atoms with Gasteiger partial charge in [-0.1, -0.05) is 6.58 Å². The Balaban J connectivity index is 3.09. The summed E-state index contributed by atoms with van der Waals surface area (Å²) < 4.78 is 1.47. The molecular formula is C6H5N3O. The summed E-state index contributed by atoms with van der Waals surface area (Å²) in [7, 11) is 0. The molecule has 0 unspecified atom stereocenters. The number of aromatic hydroxyl groups is 1. The van der Waals surface area contributed by atoms with E-state index in [1.54, 1.807) is 0 Å². The van der Waals surface area contributed by atoms with Gasteiger partial charge in [0.15, 0.2) is 5.65 Å². The van der Waals surface area contributed by atoms with Crippen molar-refractivity contribution in [3.05, 3.63) is 17.9 Å². The lowest BCUT2D eigenvalue weighted by atomic mass is 10.7. The number of aromatic nitrogens is 3. The minimum Gasteiger partial charge on any atom is -0.493 e. The van der Waals surface area contributed by atoms with Gasteiger partial charge in [0.1, 0.15) is 11.7 Å². The highest BCUT2D eigenvalue weighted by atomic mass is 16.3. The summed E-state index contributed by atoms with van der Waals surface area (Å²) in [6.45, 7) is 3.62. The molecule has 4 heteroatoms. The molecule has 2 rings (SSSR count). The molecule has 0 saturated heterocycles. The number of hydrogen-bond acceptors (Lipinski definition) is 3. The first-order chi connectivity index (χ1) is 4.79. The SMILES string of the molecule is C=c1ncn2c(O)cnc12. The Hall–Kier alpha value is -1.58. The van der Waals surface area contributed by atoms with Crippen molar-refractivity contribution in [2.45, 2.75) is 0 Å².